The van der Waals surface area contributed by atoms with Crippen molar-refractivity contribution in [1.29, 1.82) is 0 Å². The first-order valence-electron chi connectivity index (χ1n) is 11.6. The van der Waals surface area contributed by atoms with Crippen LogP contribution in [-0.2, 0) is 28.7 Å². The van der Waals surface area contributed by atoms with Gasteiger partial charge in [0.15, 0.2) is 0 Å². The van der Waals surface area contributed by atoms with Gasteiger partial charge in [0.05, 0.1) is 15.6 Å². The average molecular weight is 624 g/mol. The second-order valence-electron chi connectivity index (χ2n) is 10.6. The second kappa shape index (κ2) is 9.32. The highest BCUT2D eigenvalue weighted by Gasteiger charge is 2.65. The van der Waals surface area contributed by atoms with Gasteiger partial charge in [-0.15, -0.1) is 23.5 Å². The van der Waals surface area contributed by atoms with Gasteiger partial charge in [-0.3, -0.25) is 9.59 Å². The van der Waals surface area contributed by atoms with E-state index in [4.69, 9.17) is 55.7 Å². The predicted octanol–water partition coefficient (Wildman–Crippen LogP) is 2.51. The summed E-state index contributed by atoms with van der Waals surface area (Å²) < 4.78 is 10.00. The van der Waals surface area contributed by atoms with Crippen molar-refractivity contribution in [2.75, 3.05) is 0 Å². The van der Waals surface area contributed by atoms with Crippen LogP contribution in [0.3, 0.4) is 0 Å². The minimum Gasteiger partial charge on any atom is -0.419 e. The molecule has 0 aromatic heterocycles. The number of hydrogen-bond donors (Lipinski definition) is 2. The van der Waals surface area contributed by atoms with Crippen molar-refractivity contribution in [1.82, 2.24) is 9.80 Å². The molecule has 0 spiro atoms. The van der Waals surface area contributed by atoms with Crippen LogP contribution in [0.15, 0.2) is 12.1 Å². The Bertz CT molecular complexity index is 1180. The number of hydrogen-bond acceptors (Lipinski definition) is 10. The molecule has 4 fully saturated rings. The number of rotatable bonds is 5. The molecular weight excluding hydrogens is 599 g/mol. The molecule has 0 saturated carbocycles. The van der Waals surface area contributed by atoms with Crippen LogP contribution in [0, 0.1) is 0 Å². The van der Waals surface area contributed by atoms with Gasteiger partial charge in [-0.1, -0.05) is 34.8 Å². The topological polar surface area (TPSA) is 145 Å². The van der Waals surface area contributed by atoms with E-state index >= 15 is 0 Å². The summed E-state index contributed by atoms with van der Waals surface area (Å²) >= 11 is 21.7. The first kappa shape index (κ1) is 28.1. The molecule has 206 valence electrons. The first-order valence-corrected chi connectivity index (χ1v) is 14.5. The van der Waals surface area contributed by atoms with Gasteiger partial charge in [-0.25, -0.2) is 9.59 Å². The fraction of sp³-hybridized carbons (Fsp3) is 0.565. The standard InChI is InChI=1S/C23H25Cl3N4O6S2/c1-22(2)13(29-15(31)11(27)17(29)37-22)19(33)35-21(10-8(25)5-7(24)6-9(10)26)36-20(34)14-23(3,4)38-18-12(28)16(32)30(14)18/h5-6,11-14,17-18,21H,27-28H2,1-4H3/t11?,12?,13-,14-,17+,18+,21?/m0/s1. The number of nitrogens with zero attached hydrogens (tertiary/aromatic N) is 2. The Kier molecular flexibility index (Phi) is 6.90. The largest absolute Gasteiger partial charge is 0.419 e. The normalized spacial score (nSPS) is 33.2. The average Bonchev–Trinajstić information content (AvgIpc) is 3.23. The van der Waals surface area contributed by atoms with Gasteiger partial charge in [-0.2, -0.15) is 0 Å². The lowest BCUT2D eigenvalue weighted by atomic mass is 9.96. The minimum atomic E-state index is -1.69. The summed E-state index contributed by atoms with van der Waals surface area (Å²) in [5, 5.41) is -0.559. The van der Waals surface area contributed by atoms with Gasteiger partial charge < -0.3 is 30.7 Å². The maximum Gasteiger partial charge on any atom is 0.333 e. The molecule has 1 aromatic carbocycles. The number of benzene rings is 1. The molecule has 1 aromatic rings. The zero-order valence-corrected chi connectivity index (χ0v) is 24.5. The van der Waals surface area contributed by atoms with Crippen molar-refractivity contribution in [3.8, 4) is 0 Å². The number of ether oxygens (including phenoxy) is 2. The minimum absolute atomic E-state index is 0.00211. The number of halogens is 3. The fourth-order valence-corrected chi connectivity index (χ4v) is 9.43. The SMILES string of the molecule is CC1(C)S[C@@H]2C(N)C(=O)N2[C@H]1C(=O)OC(OC(=O)[C@@H]1N2C(=O)C(N)[C@H]2SC1(C)C)c1c(Cl)cc(Cl)cc1Cl. The molecule has 0 aliphatic carbocycles. The van der Waals surface area contributed by atoms with Crippen molar-refractivity contribution in [3.05, 3.63) is 32.8 Å². The smallest absolute Gasteiger partial charge is 0.333 e. The van der Waals surface area contributed by atoms with Crippen LogP contribution in [0.25, 0.3) is 0 Å². The molecular formula is C23H25Cl3N4O6S2. The van der Waals surface area contributed by atoms with Crippen LogP contribution < -0.4 is 11.5 Å². The molecule has 0 bridgehead atoms. The van der Waals surface area contributed by atoms with Crippen LogP contribution in [0.5, 0.6) is 0 Å². The number of esters is 2. The molecule has 4 saturated heterocycles. The zero-order valence-electron chi connectivity index (χ0n) is 20.6. The van der Waals surface area contributed by atoms with Crippen molar-refractivity contribution in [2.24, 2.45) is 11.5 Å². The Morgan fingerprint density at radius 2 is 1.21 bits per heavy atom. The highest BCUT2D eigenvalue weighted by molar-refractivity contribution is 8.02. The Labute approximate surface area is 242 Å². The summed E-state index contributed by atoms with van der Waals surface area (Å²) in [6, 6.07) is -0.720. The van der Waals surface area contributed by atoms with Crippen LogP contribution in [0.2, 0.25) is 15.1 Å². The number of β-lactam (4-membered cyclic amide) rings is 2. The Morgan fingerprint density at radius 3 is 1.58 bits per heavy atom. The van der Waals surface area contributed by atoms with Crippen molar-refractivity contribution in [2.45, 2.75) is 78.4 Å². The maximum absolute atomic E-state index is 13.6. The summed E-state index contributed by atoms with van der Waals surface area (Å²) in [6.07, 6.45) is -1.69. The number of fused-ring (bicyclic) bond motifs is 2. The molecule has 0 radical (unpaired) electrons. The molecule has 4 N–H and O–H groups in total. The molecule has 38 heavy (non-hydrogen) atoms. The van der Waals surface area contributed by atoms with E-state index in [-0.39, 0.29) is 43.2 Å². The highest BCUT2D eigenvalue weighted by atomic mass is 35.5. The van der Waals surface area contributed by atoms with Crippen LogP contribution >= 0.6 is 58.3 Å². The monoisotopic (exact) mass is 622 g/mol. The zero-order chi connectivity index (χ0) is 28.1. The molecule has 2 unspecified atom stereocenters. The Morgan fingerprint density at radius 1 is 0.842 bits per heavy atom. The van der Waals surface area contributed by atoms with Crippen LogP contribution in [0.4, 0.5) is 0 Å². The third-order valence-electron chi connectivity index (χ3n) is 7.14. The first-order chi connectivity index (χ1) is 17.6. The van der Waals surface area contributed by atoms with E-state index in [9.17, 15) is 19.2 Å². The molecule has 6 atom stereocenters. The third kappa shape index (κ3) is 4.18. The summed E-state index contributed by atoms with van der Waals surface area (Å²) in [4.78, 5) is 54.9. The quantitative estimate of drug-likeness (QED) is 0.285. The highest BCUT2D eigenvalue weighted by Crippen LogP contribution is 2.52. The van der Waals surface area contributed by atoms with Gasteiger partial charge in [0.2, 0.25) is 11.8 Å². The number of carbonyl (C=O) groups is 4. The summed E-state index contributed by atoms with van der Waals surface area (Å²) in [5.74, 6) is -2.42. The van der Waals surface area contributed by atoms with E-state index in [2.05, 4.69) is 0 Å². The number of amides is 2. The van der Waals surface area contributed by atoms with E-state index in [1.807, 2.05) is 0 Å². The fourth-order valence-electron chi connectivity index (χ4n) is 5.31. The Balaban J connectivity index is 1.46. The van der Waals surface area contributed by atoms with E-state index in [0.29, 0.717) is 0 Å². The molecule has 5 rings (SSSR count). The van der Waals surface area contributed by atoms with Crippen LogP contribution in [0.1, 0.15) is 39.5 Å². The molecule has 4 aliphatic rings. The van der Waals surface area contributed by atoms with Crippen molar-refractivity contribution < 1.29 is 28.7 Å². The molecule has 4 aliphatic heterocycles. The molecule has 4 heterocycles. The lowest BCUT2D eigenvalue weighted by Crippen LogP contribution is -2.69. The Hall–Kier alpha value is -1.41. The number of thioether (sulfide) groups is 2. The van der Waals surface area contributed by atoms with Crippen molar-refractivity contribution in [3.63, 3.8) is 0 Å². The summed E-state index contributed by atoms with van der Waals surface area (Å²) in [5.41, 5.74) is 11.8. The second-order valence-corrected chi connectivity index (χ2v) is 15.4. The van der Waals surface area contributed by atoms with Crippen LogP contribution in [-0.4, -0.2) is 78.0 Å². The molecule has 15 heteroatoms. The summed E-state index contributed by atoms with van der Waals surface area (Å²) in [6.45, 7) is 7.18. The third-order valence-corrected chi connectivity index (χ3v) is 11.2. The van der Waals surface area contributed by atoms with Crippen molar-refractivity contribution >= 4 is 82.1 Å². The summed E-state index contributed by atoms with van der Waals surface area (Å²) in [7, 11) is 0. The number of nitrogens with two attached hydrogens (primary N) is 2. The van der Waals surface area contributed by atoms with E-state index < -0.39 is 51.9 Å². The number of carbonyl (C=O) groups excluding carboxylic acids is 4. The predicted molar refractivity (Wildman–Crippen MR) is 145 cm³/mol. The van der Waals surface area contributed by atoms with E-state index in [1.165, 1.54) is 45.5 Å². The molecule has 10 nitrogen and oxygen atoms in total. The maximum atomic E-state index is 13.6. The van der Waals surface area contributed by atoms with E-state index in [0.717, 1.165) is 0 Å². The van der Waals surface area contributed by atoms with Gasteiger partial charge >= 0.3 is 11.9 Å². The van der Waals surface area contributed by atoms with Gasteiger partial charge in [-0.05, 0) is 39.8 Å². The van der Waals surface area contributed by atoms with Gasteiger partial charge in [0.25, 0.3) is 6.29 Å². The van der Waals surface area contributed by atoms with E-state index in [1.54, 1.807) is 27.7 Å². The molecule has 2 amide bonds. The lowest BCUT2D eigenvalue weighted by molar-refractivity contribution is -0.201. The van der Waals surface area contributed by atoms with Gasteiger partial charge in [0, 0.05) is 14.5 Å². The van der Waals surface area contributed by atoms with Gasteiger partial charge in [0.1, 0.15) is 34.9 Å². The lowest BCUT2D eigenvalue weighted by Gasteiger charge is -2.42.